The number of anilines is 2. The summed E-state index contributed by atoms with van der Waals surface area (Å²) in [6, 6.07) is 13.5. The molecule has 5 rings (SSSR count). The van der Waals surface area contributed by atoms with Crippen molar-refractivity contribution < 1.29 is 32.5 Å². The number of ether oxygens (including phenoxy) is 4. The van der Waals surface area contributed by atoms with E-state index in [1.165, 1.54) is 6.07 Å². The molecule has 0 radical (unpaired) electrons. The summed E-state index contributed by atoms with van der Waals surface area (Å²) in [6.45, 7) is 4.49. The highest BCUT2D eigenvalue weighted by Crippen LogP contribution is 2.36. The number of carbonyl (C=O) groups is 1. The first-order valence-electron chi connectivity index (χ1n) is 10.9. The molecule has 176 valence electrons. The number of fused-ring (bicyclic) bond motifs is 2. The van der Waals surface area contributed by atoms with Crippen LogP contribution in [0.2, 0.25) is 0 Å². The summed E-state index contributed by atoms with van der Waals surface area (Å²) in [4.78, 5) is 13.5. The number of halogens is 2. The third-order valence-corrected chi connectivity index (χ3v) is 5.65. The van der Waals surface area contributed by atoms with Crippen LogP contribution in [0.5, 0.6) is 11.5 Å². The SMILES string of the molecule is CC1(C)OC[C@@H](COc2cccc3c2C(=O)c2ccc(Nc4ccc(F)cc4F)cc2OC3)O1. The maximum absolute atomic E-state index is 14.0. The van der Waals surface area contributed by atoms with E-state index in [4.69, 9.17) is 18.9 Å². The molecule has 1 atom stereocenters. The van der Waals surface area contributed by atoms with Crippen molar-refractivity contribution in [2.45, 2.75) is 32.3 Å². The molecule has 0 unspecified atom stereocenters. The Morgan fingerprint density at radius 3 is 2.74 bits per heavy atom. The third-order valence-electron chi connectivity index (χ3n) is 5.65. The lowest BCUT2D eigenvalue weighted by atomic mass is 9.98. The van der Waals surface area contributed by atoms with E-state index in [-0.39, 0.29) is 30.8 Å². The molecule has 3 aromatic carbocycles. The number of nitrogens with one attached hydrogen (secondary N) is 1. The highest BCUT2D eigenvalue weighted by atomic mass is 19.1. The third kappa shape index (κ3) is 4.47. The minimum absolute atomic E-state index is 0.113. The van der Waals surface area contributed by atoms with Crippen molar-refractivity contribution in [3.05, 3.63) is 82.9 Å². The lowest BCUT2D eigenvalue weighted by Gasteiger charge is -2.18. The molecule has 8 heteroatoms. The van der Waals surface area contributed by atoms with Gasteiger partial charge in [-0.05, 0) is 44.2 Å². The molecule has 1 N–H and O–H groups in total. The van der Waals surface area contributed by atoms with E-state index in [0.29, 0.717) is 40.5 Å². The Morgan fingerprint density at radius 2 is 1.97 bits per heavy atom. The van der Waals surface area contributed by atoms with Crippen molar-refractivity contribution in [3.63, 3.8) is 0 Å². The minimum atomic E-state index is -0.721. The molecule has 2 aliphatic rings. The summed E-state index contributed by atoms with van der Waals surface area (Å²) in [5, 5.41) is 2.89. The van der Waals surface area contributed by atoms with Gasteiger partial charge in [0.1, 0.15) is 42.5 Å². The minimum Gasteiger partial charge on any atom is -0.490 e. The van der Waals surface area contributed by atoms with Gasteiger partial charge in [0.05, 0.1) is 23.4 Å². The second-order valence-electron chi connectivity index (χ2n) is 8.63. The summed E-state index contributed by atoms with van der Waals surface area (Å²) >= 11 is 0. The van der Waals surface area contributed by atoms with Crippen LogP contribution in [0.25, 0.3) is 0 Å². The van der Waals surface area contributed by atoms with Crippen LogP contribution in [-0.2, 0) is 16.1 Å². The summed E-state index contributed by atoms with van der Waals surface area (Å²) in [5.74, 6) is -1.47. The molecule has 0 saturated carbocycles. The molecule has 0 bridgehead atoms. The van der Waals surface area contributed by atoms with Crippen molar-refractivity contribution in [1.82, 2.24) is 0 Å². The molecule has 6 nitrogen and oxygen atoms in total. The normalized spacial score (nSPS) is 18.5. The molecule has 2 aliphatic heterocycles. The summed E-state index contributed by atoms with van der Waals surface area (Å²) in [7, 11) is 0. The number of benzene rings is 3. The van der Waals surface area contributed by atoms with Gasteiger partial charge in [-0.15, -0.1) is 0 Å². The van der Waals surface area contributed by atoms with E-state index in [0.717, 1.165) is 12.1 Å². The largest absolute Gasteiger partial charge is 0.490 e. The Labute approximate surface area is 195 Å². The van der Waals surface area contributed by atoms with Crippen molar-refractivity contribution in [3.8, 4) is 11.5 Å². The first kappa shape index (κ1) is 22.3. The molecule has 0 spiro atoms. The molecule has 1 fully saturated rings. The number of hydrogen-bond acceptors (Lipinski definition) is 6. The quantitative estimate of drug-likeness (QED) is 0.545. The molecular weight excluding hydrogens is 444 g/mol. The highest BCUT2D eigenvalue weighted by Gasteiger charge is 2.33. The number of ketones is 1. The first-order valence-corrected chi connectivity index (χ1v) is 10.9. The summed E-state index contributed by atoms with van der Waals surface area (Å²) in [5.41, 5.74) is 2.11. The van der Waals surface area contributed by atoms with Gasteiger partial charge in [0, 0.05) is 23.4 Å². The maximum Gasteiger partial charge on any atom is 0.200 e. The van der Waals surface area contributed by atoms with Crippen LogP contribution in [0.3, 0.4) is 0 Å². The average Bonchev–Trinajstić information content (AvgIpc) is 3.09. The lowest BCUT2D eigenvalue weighted by Crippen LogP contribution is -2.25. The second kappa shape index (κ2) is 8.70. The average molecular weight is 467 g/mol. The molecule has 34 heavy (non-hydrogen) atoms. The number of carbonyl (C=O) groups excluding carboxylic acids is 1. The van der Waals surface area contributed by atoms with E-state index >= 15 is 0 Å². The number of rotatable bonds is 5. The molecule has 0 aliphatic carbocycles. The fourth-order valence-electron chi connectivity index (χ4n) is 4.05. The van der Waals surface area contributed by atoms with Crippen LogP contribution < -0.4 is 14.8 Å². The van der Waals surface area contributed by atoms with Crippen molar-refractivity contribution in [2.75, 3.05) is 18.5 Å². The Hall–Kier alpha value is -3.49. The lowest BCUT2D eigenvalue weighted by molar-refractivity contribution is -0.141. The monoisotopic (exact) mass is 467 g/mol. The molecular formula is C26H23F2NO5. The van der Waals surface area contributed by atoms with Crippen LogP contribution in [0.1, 0.15) is 35.3 Å². The van der Waals surface area contributed by atoms with E-state index in [9.17, 15) is 13.6 Å². The van der Waals surface area contributed by atoms with E-state index < -0.39 is 17.4 Å². The van der Waals surface area contributed by atoms with Gasteiger partial charge in [-0.1, -0.05) is 12.1 Å². The molecule has 3 aromatic rings. The standard InChI is InChI=1S/C26H23F2NO5/c1-26(2)33-14-18(34-26)13-32-22-5-3-4-15-12-31-23-11-17(7-8-19(23)25(30)24(15)22)29-21-9-6-16(27)10-20(21)28/h3-11,18,29H,12-14H2,1-2H3/t18-/m1/s1. The first-order chi connectivity index (χ1) is 16.3. The maximum atomic E-state index is 14.0. The zero-order valence-electron chi connectivity index (χ0n) is 18.7. The topological polar surface area (TPSA) is 66.0 Å². The van der Waals surface area contributed by atoms with Crippen molar-refractivity contribution in [2.24, 2.45) is 0 Å². The van der Waals surface area contributed by atoms with Gasteiger partial charge in [0.15, 0.2) is 5.79 Å². The molecule has 0 amide bonds. The van der Waals surface area contributed by atoms with Gasteiger partial charge in [-0.2, -0.15) is 0 Å². The molecule has 0 aromatic heterocycles. The van der Waals surface area contributed by atoms with Gasteiger partial charge >= 0.3 is 0 Å². The Kier molecular flexibility index (Phi) is 5.71. The van der Waals surface area contributed by atoms with E-state index in [1.807, 2.05) is 19.9 Å². The zero-order chi connectivity index (χ0) is 23.9. The number of hydrogen-bond donors (Lipinski definition) is 1. The van der Waals surface area contributed by atoms with Gasteiger partial charge in [0.2, 0.25) is 5.78 Å². The zero-order valence-corrected chi connectivity index (χ0v) is 18.7. The van der Waals surface area contributed by atoms with Gasteiger partial charge in [0.25, 0.3) is 0 Å². The van der Waals surface area contributed by atoms with E-state index in [1.54, 1.807) is 30.3 Å². The summed E-state index contributed by atoms with van der Waals surface area (Å²) in [6.07, 6.45) is -0.240. The van der Waals surface area contributed by atoms with Crippen molar-refractivity contribution >= 4 is 17.2 Å². The summed E-state index contributed by atoms with van der Waals surface area (Å²) < 4.78 is 50.5. The highest BCUT2D eigenvalue weighted by molar-refractivity contribution is 6.13. The van der Waals surface area contributed by atoms with Gasteiger partial charge < -0.3 is 24.3 Å². The Bertz CT molecular complexity index is 1260. The van der Waals surface area contributed by atoms with Gasteiger partial charge in [-0.25, -0.2) is 8.78 Å². The van der Waals surface area contributed by atoms with Crippen LogP contribution in [0, 0.1) is 11.6 Å². The predicted octanol–water partition coefficient (Wildman–Crippen LogP) is 5.36. The Morgan fingerprint density at radius 1 is 1.12 bits per heavy atom. The second-order valence-corrected chi connectivity index (χ2v) is 8.63. The molecule has 1 saturated heterocycles. The Balaban J connectivity index is 1.39. The smallest absolute Gasteiger partial charge is 0.200 e. The van der Waals surface area contributed by atoms with Crippen LogP contribution in [0.15, 0.2) is 54.6 Å². The fourth-order valence-corrected chi connectivity index (χ4v) is 4.05. The predicted molar refractivity (Wildman–Crippen MR) is 121 cm³/mol. The van der Waals surface area contributed by atoms with Gasteiger partial charge in [-0.3, -0.25) is 4.79 Å². The van der Waals surface area contributed by atoms with E-state index in [2.05, 4.69) is 5.32 Å². The van der Waals surface area contributed by atoms with Crippen LogP contribution in [0.4, 0.5) is 20.2 Å². The van der Waals surface area contributed by atoms with Crippen molar-refractivity contribution in [1.29, 1.82) is 0 Å². The van der Waals surface area contributed by atoms with Crippen LogP contribution in [-0.4, -0.2) is 30.9 Å². The fraction of sp³-hybridized carbons (Fsp3) is 0.269. The van der Waals surface area contributed by atoms with Crippen LogP contribution >= 0.6 is 0 Å². The molecule has 2 heterocycles.